The SMILES string of the molecule is CCNc1nc(NCC(C)(C)SC)nc(N2CCCC2)n1. The quantitative estimate of drug-likeness (QED) is 0.802. The Morgan fingerprint density at radius 1 is 1.10 bits per heavy atom. The lowest BCUT2D eigenvalue weighted by Gasteiger charge is -2.23. The summed E-state index contributed by atoms with van der Waals surface area (Å²) < 4.78 is 0.152. The zero-order valence-corrected chi connectivity index (χ0v) is 14.3. The third-order valence-corrected chi connectivity index (χ3v) is 4.82. The van der Waals surface area contributed by atoms with E-state index in [1.165, 1.54) is 12.8 Å². The summed E-state index contributed by atoms with van der Waals surface area (Å²) in [7, 11) is 0. The van der Waals surface area contributed by atoms with Gasteiger partial charge in [0.1, 0.15) is 0 Å². The van der Waals surface area contributed by atoms with Crippen molar-refractivity contribution in [3.63, 3.8) is 0 Å². The van der Waals surface area contributed by atoms with Gasteiger partial charge in [-0.15, -0.1) is 0 Å². The van der Waals surface area contributed by atoms with E-state index in [9.17, 15) is 0 Å². The largest absolute Gasteiger partial charge is 0.354 e. The predicted molar refractivity (Wildman–Crippen MR) is 91.5 cm³/mol. The van der Waals surface area contributed by atoms with Gasteiger partial charge in [0.05, 0.1) is 0 Å². The van der Waals surface area contributed by atoms with Crippen LogP contribution < -0.4 is 15.5 Å². The molecule has 0 spiro atoms. The number of aromatic nitrogens is 3. The van der Waals surface area contributed by atoms with E-state index in [1.54, 1.807) is 0 Å². The van der Waals surface area contributed by atoms with Gasteiger partial charge < -0.3 is 15.5 Å². The average Bonchev–Trinajstić information content (AvgIpc) is 3.00. The maximum Gasteiger partial charge on any atom is 0.231 e. The molecule has 0 unspecified atom stereocenters. The third kappa shape index (κ3) is 4.62. The molecule has 0 amide bonds. The van der Waals surface area contributed by atoms with Gasteiger partial charge in [-0.05, 0) is 39.9 Å². The van der Waals surface area contributed by atoms with Crippen LogP contribution in [0, 0.1) is 0 Å². The summed E-state index contributed by atoms with van der Waals surface area (Å²) in [6, 6.07) is 0. The Hall–Kier alpha value is -1.24. The van der Waals surface area contributed by atoms with E-state index in [4.69, 9.17) is 0 Å². The van der Waals surface area contributed by atoms with Crippen LogP contribution in [-0.4, -0.2) is 52.1 Å². The Labute approximate surface area is 131 Å². The third-order valence-electron chi connectivity index (χ3n) is 3.57. The summed E-state index contributed by atoms with van der Waals surface area (Å²) in [5.41, 5.74) is 0. The normalized spacial score (nSPS) is 15.3. The Bertz CT molecular complexity index is 459. The average molecular weight is 310 g/mol. The minimum Gasteiger partial charge on any atom is -0.354 e. The van der Waals surface area contributed by atoms with Crippen LogP contribution in [0.4, 0.5) is 17.8 Å². The van der Waals surface area contributed by atoms with Crippen molar-refractivity contribution in [2.75, 3.05) is 48.0 Å². The van der Waals surface area contributed by atoms with Crippen molar-refractivity contribution in [2.45, 2.75) is 38.4 Å². The van der Waals surface area contributed by atoms with Crippen molar-refractivity contribution in [2.24, 2.45) is 0 Å². The molecule has 1 saturated heterocycles. The molecule has 1 aliphatic rings. The van der Waals surface area contributed by atoms with Crippen molar-refractivity contribution in [3.05, 3.63) is 0 Å². The Balaban J connectivity index is 2.14. The molecule has 7 heteroatoms. The topological polar surface area (TPSA) is 66.0 Å². The summed E-state index contributed by atoms with van der Waals surface area (Å²) in [6.07, 6.45) is 4.55. The van der Waals surface area contributed by atoms with Crippen LogP contribution in [0.3, 0.4) is 0 Å². The van der Waals surface area contributed by atoms with Crippen molar-refractivity contribution in [1.29, 1.82) is 0 Å². The van der Waals surface area contributed by atoms with Crippen LogP contribution in [0.5, 0.6) is 0 Å². The second-order valence-corrected chi connectivity index (χ2v) is 7.34. The van der Waals surface area contributed by atoms with Crippen molar-refractivity contribution in [3.8, 4) is 0 Å². The highest BCUT2D eigenvalue weighted by Gasteiger charge is 2.19. The van der Waals surface area contributed by atoms with Crippen molar-refractivity contribution < 1.29 is 0 Å². The molecule has 1 aromatic rings. The van der Waals surface area contributed by atoms with Gasteiger partial charge in [0.2, 0.25) is 17.8 Å². The molecular formula is C14H26N6S. The maximum absolute atomic E-state index is 4.58. The van der Waals surface area contributed by atoms with Gasteiger partial charge >= 0.3 is 0 Å². The second-order valence-electron chi connectivity index (χ2n) is 5.82. The van der Waals surface area contributed by atoms with E-state index >= 15 is 0 Å². The first-order valence-electron chi connectivity index (χ1n) is 7.58. The highest BCUT2D eigenvalue weighted by Crippen LogP contribution is 2.22. The second kappa shape index (κ2) is 7.15. The molecule has 118 valence electrons. The summed E-state index contributed by atoms with van der Waals surface area (Å²) >= 11 is 1.83. The minimum atomic E-state index is 0.152. The van der Waals surface area contributed by atoms with Crippen LogP contribution in [0.1, 0.15) is 33.6 Å². The lowest BCUT2D eigenvalue weighted by Crippen LogP contribution is -2.28. The lowest BCUT2D eigenvalue weighted by atomic mass is 10.2. The standard InChI is InChI=1S/C14H26N6S/c1-5-15-11-17-12(16-10-14(2,3)21-4)19-13(18-11)20-8-6-7-9-20/h5-10H2,1-4H3,(H2,15,16,17,18,19). The van der Waals surface area contributed by atoms with E-state index in [1.807, 2.05) is 18.7 Å². The molecule has 1 aliphatic heterocycles. The first-order chi connectivity index (χ1) is 10.0. The molecule has 6 nitrogen and oxygen atoms in total. The first kappa shape index (κ1) is 16.1. The Morgan fingerprint density at radius 2 is 1.71 bits per heavy atom. The fourth-order valence-electron chi connectivity index (χ4n) is 2.10. The molecule has 1 aromatic heterocycles. The highest BCUT2D eigenvalue weighted by atomic mass is 32.2. The van der Waals surface area contributed by atoms with E-state index in [0.29, 0.717) is 11.9 Å². The number of rotatable bonds is 7. The molecule has 0 saturated carbocycles. The molecule has 21 heavy (non-hydrogen) atoms. The highest BCUT2D eigenvalue weighted by molar-refractivity contribution is 7.99. The Kier molecular flexibility index (Phi) is 5.50. The smallest absolute Gasteiger partial charge is 0.231 e. The van der Waals surface area contributed by atoms with Gasteiger partial charge in [0, 0.05) is 30.9 Å². The number of hydrogen-bond acceptors (Lipinski definition) is 7. The van der Waals surface area contributed by atoms with Gasteiger partial charge in [-0.3, -0.25) is 0 Å². The lowest BCUT2D eigenvalue weighted by molar-refractivity contribution is 0.744. The van der Waals surface area contributed by atoms with E-state index < -0.39 is 0 Å². The number of hydrogen-bond donors (Lipinski definition) is 2. The number of anilines is 3. The summed E-state index contributed by atoms with van der Waals surface area (Å²) in [6.45, 7) is 10.2. The van der Waals surface area contributed by atoms with Gasteiger partial charge in [0.25, 0.3) is 0 Å². The summed E-state index contributed by atoms with van der Waals surface area (Å²) in [5, 5.41) is 6.54. The van der Waals surface area contributed by atoms with Crippen LogP contribution in [0.15, 0.2) is 0 Å². The molecule has 2 N–H and O–H groups in total. The monoisotopic (exact) mass is 310 g/mol. The molecule has 0 aliphatic carbocycles. The van der Waals surface area contributed by atoms with Gasteiger partial charge in [-0.1, -0.05) is 0 Å². The zero-order chi connectivity index (χ0) is 15.3. The number of thioether (sulfide) groups is 1. The molecule has 1 fully saturated rings. The molecule has 0 bridgehead atoms. The van der Waals surface area contributed by atoms with Crippen LogP contribution >= 0.6 is 11.8 Å². The van der Waals surface area contributed by atoms with Gasteiger partial charge in [0.15, 0.2) is 0 Å². The Morgan fingerprint density at radius 3 is 2.29 bits per heavy atom. The molecule has 0 atom stereocenters. The number of nitrogens with zero attached hydrogens (tertiary/aromatic N) is 4. The van der Waals surface area contributed by atoms with Crippen molar-refractivity contribution in [1.82, 2.24) is 15.0 Å². The molecule has 0 radical (unpaired) electrons. The fraction of sp³-hybridized carbons (Fsp3) is 0.786. The van der Waals surface area contributed by atoms with E-state index in [0.717, 1.165) is 32.1 Å². The molecule has 0 aromatic carbocycles. The molecule has 2 heterocycles. The predicted octanol–water partition coefficient (Wildman–Crippen LogP) is 2.46. The van der Waals surface area contributed by atoms with Crippen LogP contribution in [-0.2, 0) is 0 Å². The number of nitrogens with one attached hydrogen (secondary N) is 2. The van der Waals surface area contributed by atoms with Crippen LogP contribution in [0.25, 0.3) is 0 Å². The summed E-state index contributed by atoms with van der Waals surface area (Å²) in [5.74, 6) is 2.09. The van der Waals surface area contributed by atoms with E-state index in [-0.39, 0.29) is 4.75 Å². The molecule has 2 rings (SSSR count). The minimum absolute atomic E-state index is 0.152. The van der Waals surface area contributed by atoms with Gasteiger partial charge in [-0.25, -0.2) is 0 Å². The molecular weight excluding hydrogens is 284 g/mol. The van der Waals surface area contributed by atoms with Gasteiger partial charge in [-0.2, -0.15) is 26.7 Å². The van der Waals surface area contributed by atoms with E-state index in [2.05, 4.69) is 50.6 Å². The van der Waals surface area contributed by atoms with Crippen molar-refractivity contribution >= 4 is 29.6 Å². The summed E-state index contributed by atoms with van der Waals surface area (Å²) in [4.78, 5) is 15.8. The zero-order valence-electron chi connectivity index (χ0n) is 13.4. The maximum atomic E-state index is 4.58. The fourth-order valence-corrected chi connectivity index (χ4v) is 2.32. The first-order valence-corrected chi connectivity index (χ1v) is 8.80. The van der Waals surface area contributed by atoms with Crippen LogP contribution in [0.2, 0.25) is 0 Å².